The Kier molecular flexibility index (Phi) is 7.29. The van der Waals surface area contributed by atoms with Crippen LogP contribution in [0.3, 0.4) is 0 Å². The second kappa shape index (κ2) is 9.44. The lowest BCUT2D eigenvalue weighted by Gasteiger charge is -2.34. The van der Waals surface area contributed by atoms with Crippen molar-refractivity contribution in [2.75, 3.05) is 26.2 Å². The number of carbonyl (C=O) groups is 2. The predicted octanol–water partition coefficient (Wildman–Crippen LogP) is 2.91. The van der Waals surface area contributed by atoms with Crippen LogP contribution in [0.5, 0.6) is 0 Å². The van der Waals surface area contributed by atoms with E-state index < -0.39 is 6.04 Å². The van der Waals surface area contributed by atoms with Crippen LogP contribution in [0.1, 0.15) is 39.2 Å². The van der Waals surface area contributed by atoms with Crippen LogP contribution in [-0.2, 0) is 11.2 Å². The van der Waals surface area contributed by atoms with Crippen molar-refractivity contribution in [2.45, 2.75) is 46.1 Å². The molecule has 0 radical (unpaired) electrons. The van der Waals surface area contributed by atoms with Gasteiger partial charge in [0.15, 0.2) is 0 Å². The molecular formula is C20H31N3O2. The zero-order valence-electron chi connectivity index (χ0n) is 15.7. The number of hydrogen-bond donors (Lipinski definition) is 1. The summed E-state index contributed by atoms with van der Waals surface area (Å²) in [6, 6.07) is 9.90. The van der Waals surface area contributed by atoms with Gasteiger partial charge in [0.2, 0.25) is 5.91 Å². The number of carbonyl (C=O) groups excluding carboxylic acids is 2. The van der Waals surface area contributed by atoms with Gasteiger partial charge in [-0.3, -0.25) is 4.79 Å². The molecule has 1 saturated heterocycles. The highest BCUT2D eigenvalue weighted by molar-refractivity contribution is 5.86. The Balaban J connectivity index is 1.79. The Morgan fingerprint density at radius 1 is 1.16 bits per heavy atom. The maximum atomic E-state index is 12.6. The third kappa shape index (κ3) is 5.48. The molecule has 1 N–H and O–H groups in total. The molecular weight excluding hydrogens is 314 g/mol. The Labute approximate surface area is 151 Å². The molecule has 138 valence electrons. The molecule has 0 spiro atoms. The average Bonchev–Trinajstić information content (AvgIpc) is 2.63. The number of urea groups is 1. The van der Waals surface area contributed by atoms with Crippen LogP contribution < -0.4 is 5.32 Å². The van der Waals surface area contributed by atoms with Crippen LogP contribution in [0, 0.1) is 5.92 Å². The summed E-state index contributed by atoms with van der Waals surface area (Å²) in [5.41, 5.74) is 1.37. The molecule has 1 aliphatic rings. The molecule has 1 aromatic carbocycles. The lowest BCUT2D eigenvalue weighted by molar-refractivity contribution is -0.134. The van der Waals surface area contributed by atoms with Crippen LogP contribution in [0.4, 0.5) is 4.79 Å². The molecule has 25 heavy (non-hydrogen) atoms. The van der Waals surface area contributed by atoms with Crippen molar-refractivity contribution >= 4 is 11.9 Å². The maximum absolute atomic E-state index is 12.6. The van der Waals surface area contributed by atoms with E-state index in [1.54, 1.807) is 11.8 Å². The summed E-state index contributed by atoms with van der Waals surface area (Å²) in [6.45, 7) is 8.51. The summed E-state index contributed by atoms with van der Waals surface area (Å²) in [7, 11) is 0. The van der Waals surface area contributed by atoms with Crippen molar-refractivity contribution < 1.29 is 9.59 Å². The largest absolute Gasteiger partial charge is 0.341 e. The van der Waals surface area contributed by atoms with Gasteiger partial charge in [0.05, 0.1) is 0 Å². The lowest BCUT2D eigenvalue weighted by Crippen LogP contribution is -2.52. The molecule has 1 atom stereocenters. The van der Waals surface area contributed by atoms with Gasteiger partial charge in [-0.05, 0) is 51.5 Å². The number of amides is 3. The highest BCUT2D eigenvalue weighted by Crippen LogP contribution is 2.22. The molecule has 1 aliphatic heterocycles. The van der Waals surface area contributed by atoms with Crippen LogP contribution >= 0.6 is 0 Å². The normalized spacial score (nSPS) is 16.4. The number of rotatable bonds is 6. The predicted molar refractivity (Wildman–Crippen MR) is 100 cm³/mol. The van der Waals surface area contributed by atoms with Gasteiger partial charge in [0, 0.05) is 26.2 Å². The summed E-state index contributed by atoms with van der Waals surface area (Å²) < 4.78 is 0. The van der Waals surface area contributed by atoms with Crippen molar-refractivity contribution in [3.63, 3.8) is 0 Å². The molecule has 0 aliphatic carbocycles. The van der Waals surface area contributed by atoms with E-state index in [0.29, 0.717) is 19.0 Å². The molecule has 0 bridgehead atoms. The molecule has 0 aromatic heterocycles. The van der Waals surface area contributed by atoms with Gasteiger partial charge < -0.3 is 15.1 Å². The average molecular weight is 345 g/mol. The van der Waals surface area contributed by atoms with Crippen molar-refractivity contribution in [3.05, 3.63) is 35.9 Å². The minimum atomic E-state index is -0.473. The van der Waals surface area contributed by atoms with Gasteiger partial charge in [-0.15, -0.1) is 0 Å². The number of nitrogens with zero attached hydrogens (tertiary/aromatic N) is 2. The molecule has 1 aromatic rings. The van der Waals surface area contributed by atoms with Gasteiger partial charge in [0.1, 0.15) is 6.04 Å². The smallest absolute Gasteiger partial charge is 0.318 e. The fourth-order valence-corrected chi connectivity index (χ4v) is 3.43. The first-order valence-corrected chi connectivity index (χ1v) is 9.43. The number of nitrogens with one attached hydrogen (secondary N) is 1. The molecule has 2 rings (SSSR count). The van der Waals surface area contributed by atoms with Crippen LogP contribution in [-0.4, -0.2) is 54.0 Å². The van der Waals surface area contributed by atoms with E-state index in [0.717, 1.165) is 32.4 Å². The SMILES string of the molecule is CCN(CC)C(=O)N[C@H](C)C(=O)N1CCC(Cc2ccccc2)CC1. The molecule has 1 heterocycles. The quantitative estimate of drug-likeness (QED) is 0.862. The lowest BCUT2D eigenvalue weighted by atomic mass is 9.90. The summed E-state index contributed by atoms with van der Waals surface area (Å²) in [6.07, 6.45) is 3.13. The minimum Gasteiger partial charge on any atom is -0.341 e. The monoisotopic (exact) mass is 345 g/mol. The van der Waals surface area contributed by atoms with Crippen LogP contribution in [0.15, 0.2) is 30.3 Å². The third-order valence-corrected chi connectivity index (χ3v) is 5.05. The molecule has 0 unspecified atom stereocenters. The van der Waals surface area contributed by atoms with E-state index in [1.807, 2.05) is 24.8 Å². The first kappa shape index (κ1) is 19.3. The van der Waals surface area contributed by atoms with Crippen LogP contribution in [0.2, 0.25) is 0 Å². The van der Waals surface area contributed by atoms with E-state index in [2.05, 4.69) is 29.6 Å². The first-order valence-electron chi connectivity index (χ1n) is 9.43. The zero-order valence-corrected chi connectivity index (χ0v) is 15.7. The molecule has 5 nitrogen and oxygen atoms in total. The Morgan fingerprint density at radius 3 is 2.32 bits per heavy atom. The van der Waals surface area contributed by atoms with E-state index in [-0.39, 0.29) is 11.9 Å². The number of hydrogen-bond acceptors (Lipinski definition) is 2. The molecule has 0 saturated carbocycles. The van der Waals surface area contributed by atoms with Crippen molar-refractivity contribution in [3.8, 4) is 0 Å². The Hall–Kier alpha value is -2.04. The zero-order chi connectivity index (χ0) is 18.2. The van der Waals surface area contributed by atoms with Gasteiger partial charge in [0.25, 0.3) is 0 Å². The van der Waals surface area contributed by atoms with Crippen LogP contribution in [0.25, 0.3) is 0 Å². The Morgan fingerprint density at radius 2 is 1.76 bits per heavy atom. The van der Waals surface area contributed by atoms with Crippen molar-refractivity contribution in [1.82, 2.24) is 15.1 Å². The minimum absolute atomic E-state index is 0.0265. The summed E-state index contributed by atoms with van der Waals surface area (Å²) in [4.78, 5) is 28.3. The highest BCUT2D eigenvalue weighted by Gasteiger charge is 2.27. The second-order valence-corrected chi connectivity index (χ2v) is 6.80. The van der Waals surface area contributed by atoms with Gasteiger partial charge in [-0.1, -0.05) is 30.3 Å². The van der Waals surface area contributed by atoms with E-state index >= 15 is 0 Å². The van der Waals surface area contributed by atoms with E-state index in [1.165, 1.54) is 5.56 Å². The fraction of sp³-hybridized carbons (Fsp3) is 0.600. The Bertz CT molecular complexity index is 549. The summed E-state index contributed by atoms with van der Waals surface area (Å²) in [5.74, 6) is 0.658. The number of likely N-dealkylation sites (tertiary alicyclic amines) is 1. The van der Waals surface area contributed by atoms with Crippen molar-refractivity contribution in [2.24, 2.45) is 5.92 Å². The molecule has 1 fully saturated rings. The van der Waals surface area contributed by atoms with Gasteiger partial charge in [-0.25, -0.2) is 4.79 Å². The number of benzene rings is 1. The molecule has 3 amide bonds. The number of piperidine rings is 1. The third-order valence-electron chi connectivity index (χ3n) is 5.05. The standard InChI is InChI=1S/C20H31N3O2/c1-4-22(5-2)20(25)21-16(3)19(24)23-13-11-18(12-14-23)15-17-9-7-6-8-10-17/h6-10,16,18H,4-5,11-15H2,1-3H3,(H,21,25)/t16-/m1/s1. The summed E-state index contributed by atoms with van der Waals surface area (Å²) >= 11 is 0. The topological polar surface area (TPSA) is 52.7 Å². The highest BCUT2D eigenvalue weighted by atomic mass is 16.2. The fourth-order valence-electron chi connectivity index (χ4n) is 3.43. The first-order chi connectivity index (χ1) is 12.0. The van der Waals surface area contributed by atoms with Gasteiger partial charge in [-0.2, -0.15) is 0 Å². The van der Waals surface area contributed by atoms with Crippen molar-refractivity contribution in [1.29, 1.82) is 0 Å². The second-order valence-electron chi connectivity index (χ2n) is 6.80. The van der Waals surface area contributed by atoms with Gasteiger partial charge >= 0.3 is 6.03 Å². The maximum Gasteiger partial charge on any atom is 0.318 e. The van der Waals surface area contributed by atoms with E-state index in [9.17, 15) is 9.59 Å². The molecule has 5 heteroatoms. The summed E-state index contributed by atoms with van der Waals surface area (Å²) in [5, 5.41) is 2.83. The van der Waals surface area contributed by atoms with E-state index in [4.69, 9.17) is 0 Å².